The van der Waals surface area contributed by atoms with E-state index in [1.165, 1.54) is 18.7 Å². The lowest BCUT2D eigenvalue weighted by Crippen LogP contribution is -2.29. The number of hydrogen-bond donors (Lipinski definition) is 3. The van der Waals surface area contributed by atoms with Crippen molar-refractivity contribution in [2.45, 2.75) is 6.42 Å². The molecule has 0 spiro atoms. The van der Waals surface area contributed by atoms with Gasteiger partial charge < -0.3 is 10.1 Å². The summed E-state index contributed by atoms with van der Waals surface area (Å²) in [6, 6.07) is 0. The zero-order valence-corrected chi connectivity index (χ0v) is 12.5. The fourth-order valence-corrected chi connectivity index (χ4v) is 1.75. The Morgan fingerprint density at radius 3 is 2.86 bits per heavy atom. The summed E-state index contributed by atoms with van der Waals surface area (Å²) in [5.41, 5.74) is 6.47. The lowest BCUT2D eigenvalue weighted by Gasteiger charge is -2.09. The molecular formula is C13H19N7O2. The highest BCUT2D eigenvalue weighted by Gasteiger charge is 2.10. The largest absolute Gasteiger partial charge is 0.385 e. The van der Waals surface area contributed by atoms with Crippen LogP contribution < -0.4 is 16.2 Å². The van der Waals surface area contributed by atoms with E-state index < -0.39 is 0 Å². The minimum atomic E-state index is -0.324. The Morgan fingerprint density at radius 1 is 1.36 bits per heavy atom. The van der Waals surface area contributed by atoms with Gasteiger partial charge in [0.15, 0.2) is 5.82 Å². The summed E-state index contributed by atoms with van der Waals surface area (Å²) < 4.78 is 6.64. The van der Waals surface area contributed by atoms with Gasteiger partial charge in [-0.3, -0.25) is 20.3 Å². The zero-order chi connectivity index (χ0) is 15.8. The Bertz CT molecular complexity index is 600. The van der Waals surface area contributed by atoms with Crippen molar-refractivity contribution in [3.05, 3.63) is 30.5 Å². The van der Waals surface area contributed by atoms with Gasteiger partial charge in [0.05, 0.1) is 11.8 Å². The van der Waals surface area contributed by atoms with Crippen molar-refractivity contribution >= 4 is 17.4 Å². The lowest BCUT2D eigenvalue weighted by atomic mass is 10.3. The number of nitrogens with zero attached hydrogens (tertiary/aromatic N) is 4. The second-order valence-electron chi connectivity index (χ2n) is 4.54. The van der Waals surface area contributed by atoms with Crippen LogP contribution in [0.4, 0.5) is 11.5 Å². The molecule has 2 aromatic rings. The molecule has 2 rings (SSSR count). The van der Waals surface area contributed by atoms with Gasteiger partial charge in [-0.15, -0.1) is 0 Å². The van der Waals surface area contributed by atoms with Gasteiger partial charge in [0.1, 0.15) is 12.0 Å². The molecule has 0 atom stereocenters. The molecule has 0 aliphatic rings. The zero-order valence-electron chi connectivity index (χ0n) is 12.5. The molecule has 0 radical (unpaired) electrons. The molecule has 22 heavy (non-hydrogen) atoms. The summed E-state index contributed by atoms with van der Waals surface area (Å²) in [7, 11) is 3.47. The third-order valence-electron chi connectivity index (χ3n) is 2.78. The highest BCUT2D eigenvalue weighted by Crippen LogP contribution is 2.17. The number of aryl methyl sites for hydroxylation is 1. The van der Waals surface area contributed by atoms with Crippen LogP contribution in [0.2, 0.25) is 0 Å². The second-order valence-corrected chi connectivity index (χ2v) is 4.54. The van der Waals surface area contributed by atoms with Gasteiger partial charge in [-0.1, -0.05) is 0 Å². The van der Waals surface area contributed by atoms with Crippen molar-refractivity contribution < 1.29 is 9.53 Å². The van der Waals surface area contributed by atoms with E-state index >= 15 is 0 Å². The number of methoxy groups -OCH3 is 1. The van der Waals surface area contributed by atoms with Crippen LogP contribution in [0.15, 0.2) is 24.9 Å². The van der Waals surface area contributed by atoms with Crippen molar-refractivity contribution in [1.82, 2.24) is 25.2 Å². The van der Waals surface area contributed by atoms with Crippen LogP contribution in [0, 0.1) is 0 Å². The standard InChI is InChI=1S/C13H19N7O2/c1-20-8-11(12(19-20)16-4-3-5-22-2)17-18-13(21)10-6-14-9-15-7-10/h6-9,17H,3-5H2,1-2H3,(H,16,19)(H,18,21). The highest BCUT2D eigenvalue weighted by molar-refractivity contribution is 5.94. The summed E-state index contributed by atoms with van der Waals surface area (Å²) in [6.45, 7) is 1.40. The molecule has 118 valence electrons. The smallest absolute Gasteiger partial charge is 0.272 e. The molecular weight excluding hydrogens is 286 g/mol. The Kier molecular flexibility index (Phi) is 5.66. The van der Waals surface area contributed by atoms with Gasteiger partial charge in [-0.25, -0.2) is 9.97 Å². The number of rotatable bonds is 8. The fraction of sp³-hybridized carbons (Fsp3) is 0.385. The number of aromatic nitrogens is 4. The molecule has 1 amide bonds. The number of amides is 1. The summed E-state index contributed by atoms with van der Waals surface area (Å²) in [4.78, 5) is 19.5. The number of hydrogen-bond acceptors (Lipinski definition) is 7. The van der Waals surface area contributed by atoms with E-state index in [9.17, 15) is 4.79 Å². The third kappa shape index (κ3) is 4.42. The van der Waals surface area contributed by atoms with Gasteiger partial charge in [0.2, 0.25) is 0 Å². The second kappa shape index (κ2) is 7.93. The molecule has 0 aliphatic carbocycles. The van der Waals surface area contributed by atoms with Crippen molar-refractivity contribution in [3.8, 4) is 0 Å². The predicted molar refractivity (Wildman–Crippen MR) is 81.3 cm³/mol. The topological polar surface area (TPSA) is 106 Å². The molecule has 0 aliphatic heterocycles. The minimum Gasteiger partial charge on any atom is -0.385 e. The quantitative estimate of drug-likeness (QED) is 0.479. The van der Waals surface area contributed by atoms with Crippen LogP contribution >= 0.6 is 0 Å². The molecule has 3 N–H and O–H groups in total. The van der Waals surface area contributed by atoms with Crippen molar-refractivity contribution in [2.24, 2.45) is 7.05 Å². The Morgan fingerprint density at radius 2 is 2.14 bits per heavy atom. The SMILES string of the molecule is COCCCNc1nn(C)cc1NNC(=O)c1cncnc1. The molecule has 9 nitrogen and oxygen atoms in total. The summed E-state index contributed by atoms with van der Waals surface area (Å²) >= 11 is 0. The average molecular weight is 305 g/mol. The molecule has 0 unspecified atom stereocenters. The molecule has 2 aromatic heterocycles. The van der Waals surface area contributed by atoms with E-state index in [4.69, 9.17) is 4.74 Å². The number of nitrogens with one attached hydrogen (secondary N) is 3. The lowest BCUT2D eigenvalue weighted by molar-refractivity contribution is 0.0962. The molecule has 2 heterocycles. The van der Waals surface area contributed by atoms with Crippen LogP contribution in [0.1, 0.15) is 16.8 Å². The van der Waals surface area contributed by atoms with Gasteiger partial charge in [0, 0.05) is 39.7 Å². The molecule has 0 saturated carbocycles. The molecule has 9 heteroatoms. The first-order valence-corrected chi connectivity index (χ1v) is 6.78. The third-order valence-corrected chi connectivity index (χ3v) is 2.78. The molecule has 0 aromatic carbocycles. The van der Waals surface area contributed by atoms with Crippen LogP contribution in [-0.4, -0.2) is 45.9 Å². The normalized spacial score (nSPS) is 10.3. The van der Waals surface area contributed by atoms with Crippen LogP contribution in [-0.2, 0) is 11.8 Å². The van der Waals surface area contributed by atoms with E-state index in [-0.39, 0.29) is 5.91 Å². The minimum absolute atomic E-state index is 0.324. The maximum Gasteiger partial charge on any atom is 0.272 e. The first kappa shape index (κ1) is 15.7. The maximum atomic E-state index is 11.9. The van der Waals surface area contributed by atoms with Crippen LogP contribution in [0.3, 0.4) is 0 Å². The predicted octanol–water partition coefficient (Wildman–Crippen LogP) is 0.415. The van der Waals surface area contributed by atoms with Crippen molar-refractivity contribution in [3.63, 3.8) is 0 Å². The Balaban J connectivity index is 1.90. The van der Waals surface area contributed by atoms with E-state index in [1.807, 2.05) is 0 Å². The van der Waals surface area contributed by atoms with Gasteiger partial charge in [-0.05, 0) is 6.42 Å². The van der Waals surface area contributed by atoms with E-state index in [0.717, 1.165) is 13.0 Å². The number of ether oxygens (including phenoxy) is 1. The number of carbonyl (C=O) groups excluding carboxylic acids is 1. The number of anilines is 2. The van der Waals surface area contributed by atoms with Gasteiger partial charge >= 0.3 is 0 Å². The highest BCUT2D eigenvalue weighted by atomic mass is 16.5. The van der Waals surface area contributed by atoms with E-state index in [1.54, 1.807) is 25.0 Å². The van der Waals surface area contributed by atoms with Gasteiger partial charge in [0.25, 0.3) is 5.91 Å². The average Bonchev–Trinajstić information content (AvgIpc) is 2.90. The van der Waals surface area contributed by atoms with E-state index in [2.05, 4.69) is 31.2 Å². The number of carbonyl (C=O) groups is 1. The molecule has 0 bridgehead atoms. The summed E-state index contributed by atoms with van der Waals surface area (Å²) in [5.74, 6) is 0.331. The summed E-state index contributed by atoms with van der Waals surface area (Å²) in [5, 5.41) is 7.47. The summed E-state index contributed by atoms with van der Waals surface area (Å²) in [6.07, 6.45) is 6.88. The van der Waals surface area contributed by atoms with Gasteiger partial charge in [-0.2, -0.15) is 5.10 Å². The van der Waals surface area contributed by atoms with Crippen LogP contribution in [0.25, 0.3) is 0 Å². The maximum absolute atomic E-state index is 11.9. The Hall–Kier alpha value is -2.68. The first-order valence-electron chi connectivity index (χ1n) is 6.78. The van der Waals surface area contributed by atoms with Crippen LogP contribution in [0.5, 0.6) is 0 Å². The molecule has 0 fully saturated rings. The monoisotopic (exact) mass is 305 g/mol. The number of hydrazine groups is 1. The van der Waals surface area contributed by atoms with E-state index in [0.29, 0.717) is 23.7 Å². The fourth-order valence-electron chi connectivity index (χ4n) is 1.75. The van der Waals surface area contributed by atoms with Crippen molar-refractivity contribution in [2.75, 3.05) is 31.0 Å². The molecule has 0 saturated heterocycles. The van der Waals surface area contributed by atoms with Crippen molar-refractivity contribution in [1.29, 1.82) is 0 Å². The first-order chi connectivity index (χ1) is 10.7. The Labute approximate surface area is 128 Å².